The van der Waals surface area contributed by atoms with E-state index < -0.39 is 15.3 Å². The van der Waals surface area contributed by atoms with E-state index in [1.54, 1.807) is 24.3 Å². The molecule has 8 aromatic rings. The molecule has 0 N–H and O–H groups in total. The molecule has 0 amide bonds. The maximum atomic E-state index is 14.1. The van der Waals surface area contributed by atoms with Gasteiger partial charge in [0.15, 0.2) is 17.5 Å². The molecule has 52 heavy (non-hydrogen) atoms. The van der Waals surface area contributed by atoms with Gasteiger partial charge in [0.25, 0.3) is 0 Å². The van der Waals surface area contributed by atoms with Crippen LogP contribution in [0, 0.1) is 0 Å². The van der Waals surface area contributed by atoms with E-state index in [-0.39, 0.29) is 0 Å². The first kappa shape index (κ1) is 31.5. The third kappa shape index (κ3) is 5.15. The van der Waals surface area contributed by atoms with Gasteiger partial charge in [0.05, 0.1) is 15.2 Å². The van der Waals surface area contributed by atoms with Gasteiger partial charge in [-0.3, -0.25) is 0 Å². The minimum absolute atomic E-state index is 0.314. The molecule has 5 nitrogen and oxygen atoms in total. The molecule has 0 unspecified atom stereocenters. The molecule has 0 saturated heterocycles. The van der Waals surface area contributed by atoms with Crippen LogP contribution in [0.4, 0.5) is 0 Å². The molecule has 248 valence electrons. The van der Waals surface area contributed by atoms with Crippen molar-refractivity contribution in [1.82, 2.24) is 15.0 Å². The largest absolute Gasteiger partial charge is 0.218 e. The highest BCUT2D eigenvalue weighted by molar-refractivity contribution is 7.91. The van der Waals surface area contributed by atoms with Crippen LogP contribution in [0.15, 0.2) is 198 Å². The maximum absolute atomic E-state index is 14.1. The third-order valence-electron chi connectivity index (χ3n) is 9.84. The normalized spacial score (nSPS) is 13.8. The van der Waals surface area contributed by atoms with Crippen molar-refractivity contribution in [3.8, 4) is 45.3 Å². The van der Waals surface area contributed by atoms with E-state index >= 15 is 0 Å². The van der Waals surface area contributed by atoms with Gasteiger partial charge in [-0.05, 0) is 51.6 Å². The summed E-state index contributed by atoms with van der Waals surface area (Å²) in [4.78, 5) is 15.6. The second-order valence-corrected chi connectivity index (χ2v) is 14.7. The Labute approximate surface area is 302 Å². The molecule has 0 spiro atoms. The summed E-state index contributed by atoms with van der Waals surface area (Å²) < 4.78 is 28.1. The molecular weight excluding hydrogens is 659 g/mol. The first-order valence-electron chi connectivity index (χ1n) is 17.1. The van der Waals surface area contributed by atoms with E-state index in [1.165, 1.54) is 0 Å². The number of nitrogens with zero attached hydrogens (tertiary/aromatic N) is 3. The summed E-state index contributed by atoms with van der Waals surface area (Å²) >= 11 is 0. The summed E-state index contributed by atoms with van der Waals surface area (Å²) in [7, 11) is -3.75. The van der Waals surface area contributed by atoms with Gasteiger partial charge in [0.1, 0.15) is 0 Å². The first-order chi connectivity index (χ1) is 25.5. The predicted molar refractivity (Wildman–Crippen MR) is 205 cm³/mol. The fourth-order valence-electron chi connectivity index (χ4n) is 7.45. The Kier molecular flexibility index (Phi) is 7.67. The van der Waals surface area contributed by atoms with Gasteiger partial charge in [0.2, 0.25) is 9.84 Å². The molecule has 2 heterocycles. The third-order valence-corrected chi connectivity index (χ3v) is 11.7. The molecule has 0 bridgehead atoms. The average molecular weight is 690 g/mol. The van der Waals surface area contributed by atoms with Crippen LogP contribution in [-0.2, 0) is 15.3 Å². The summed E-state index contributed by atoms with van der Waals surface area (Å²) in [6.07, 6.45) is 0. The lowest BCUT2D eigenvalue weighted by Gasteiger charge is -2.41. The molecule has 6 heteroatoms. The van der Waals surface area contributed by atoms with Crippen molar-refractivity contribution in [1.29, 1.82) is 0 Å². The second kappa shape index (κ2) is 12.7. The Hall–Kier alpha value is -6.50. The van der Waals surface area contributed by atoms with Crippen molar-refractivity contribution < 1.29 is 8.42 Å². The fraction of sp³-hybridized carbons (Fsp3) is 0.0217. The molecule has 1 aromatic heterocycles. The molecule has 0 aliphatic carbocycles. The molecule has 0 atom stereocenters. The smallest absolute Gasteiger partial charge is 0.207 e. The van der Waals surface area contributed by atoms with Crippen molar-refractivity contribution in [2.45, 2.75) is 15.2 Å². The van der Waals surface area contributed by atoms with Gasteiger partial charge in [-0.15, -0.1) is 0 Å². The predicted octanol–water partition coefficient (Wildman–Crippen LogP) is 10.1. The Morgan fingerprint density at radius 2 is 0.750 bits per heavy atom. The van der Waals surface area contributed by atoms with Gasteiger partial charge >= 0.3 is 0 Å². The number of rotatable bonds is 6. The van der Waals surface area contributed by atoms with Crippen LogP contribution in [0.25, 0.3) is 45.3 Å². The molecule has 1 aliphatic rings. The molecule has 0 fully saturated rings. The van der Waals surface area contributed by atoms with Crippen molar-refractivity contribution in [3.63, 3.8) is 0 Å². The Morgan fingerprint density at radius 3 is 1.33 bits per heavy atom. The summed E-state index contributed by atoms with van der Waals surface area (Å²) in [5.41, 5.74) is 7.25. The number of sulfone groups is 1. The lowest BCUT2D eigenvalue weighted by Crippen LogP contribution is -2.37. The van der Waals surface area contributed by atoms with Crippen molar-refractivity contribution in [2.75, 3.05) is 0 Å². The minimum atomic E-state index is -3.75. The van der Waals surface area contributed by atoms with E-state index in [1.807, 2.05) is 115 Å². The molecular formula is C46H31N3O2S. The number of hydrogen-bond acceptors (Lipinski definition) is 5. The van der Waals surface area contributed by atoms with Crippen molar-refractivity contribution in [2.24, 2.45) is 0 Å². The molecule has 0 radical (unpaired) electrons. The number of hydrogen-bond donors (Lipinski definition) is 0. The number of fused-ring (bicyclic) bond motifs is 2. The van der Waals surface area contributed by atoms with Crippen LogP contribution in [0.5, 0.6) is 0 Å². The van der Waals surface area contributed by atoms with Crippen LogP contribution in [-0.4, -0.2) is 23.4 Å². The summed E-state index contributed by atoms with van der Waals surface area (Å²) in [5.74, 6) is 1.70. The van der Waals surface area contributed by atoms with Crippen molar-refractivity contribution in [3.05, 3.63) is 210 Å². The standard InChI is InChI=1S/C46H31N3O2S/c50-52(51)41-25-12-10-23-39(41)46(37-21-8-3-9-22-37,40-24-11-13-26-42(40)52)38-29-27-34(28-30-38)44-47-43(33-17-6-2-7-18-33)48-45(49-44)36-20-14-19-35(31-36)32-15-4-1-5-16-32/h1-31H. The highest BCUT2D eigenvalue weighted by atomic mass is 32.2. The van der Waals surface area contributed by atoms with E-state index in [9.17, 15) is 8.42 Å². The molecule has 7 aromatic carbocycles. The fourth-order valence-corrected chi connectivity index (χ4v) is 9.22. The lowest BCUT2D eigenvalue weighted by molar-refractivity contribution is 0.579. The minimum Gasteiger partial charge on any atom is -0.218 e. The zero-order valence-electron chi connectivity index (χ0n) is 28.0. The first-order valence-corrected chi connectivity index (χ1v) is 18.6. The van der Waals surface area contributed by atoms with Crippen molar-refractivity contribution >= 4 is 9.84 Å². The average Bonchev–Trinajstić information content (AvgIpc) is 3.22. The molecule has 9 rings (SSSR count). The summed E-state index contributed by atoms with van der Waals surface area (Å²) in [6.45, 7) is 0. The van der Waals surface area contributed by atoms with E-state index in [2.05, 4.69) is 48.5 Å². The van der Waals surface area contributed by atoms with Gasteiger partial charge < -0.3 is 0 Å². The molecule has 1 aliphatic heterocycles. The van der Waals surface area contributed by atoms with E-state index in [0.717, 1.165) is 50.1 Å². The maximum Gasteiger partial charge on any atom is 0.207 e. The Morgan fingerprint density at radius 1 is 0.346 bits per heavy atom. The van der Waals surface area contributed by atoms with E-state index in [0.29, 0.717) is 27.3 Å². The van der Waals surface area contributed by atoms with Crippen LogP contribution in [0.3, 0.4) is 0 Å². The van der Waals surface area contributed by atoms with Gasteiger partial charge in [-0.25, -0.2) is 23.4 Å². The highest BCUT2D eigenvalue weighted by Crippen LogP contribution is 2.53. The quantitative estimate of drug-likeness (QED) is 0.174. The van der Waals surface area contributed by atoms with Gasteiger partial charge in [0, 0.05) is 16.7 Å². The van der Waals surface area contributed by atoms with Crippen LogP contribution >= 0.6 is 0 Å². The molecule has 0 saturated carbocycles. The Balaban J connectivity index is 1.23. The zero-order valence-corrected chi connectivity index (χ0v) is 28.8. The second-order valence-electron chi connectivity index (χ2n) is 12.8. The van der Waals surface area contributed by atoms with Crippen LogP contribution < -0.4 is 0 Å². The SMILES string of the molecule is O=S1(=O)c2ccccc2C(c2ccccc2)(c2ccc(-c3nc(-c4ccccc4)nc(-c4cccc(-c5ccccc5)c4)n3)cc2)c2ccccc21. The Bertz CT molecular complexity index is 2630. The monoisotopic (exact) mass is 689 g/mol. The number of benzene rings is 7. The van der Waals surface area contributed by atoms with Gasteiger partial charge in [-0.1, -0.05) is 170 Å². The van der Waals surface area contributed by atoms with E-state index in [4.69, 9.17) is 15.0 Å². The highest BCUT2D eigenvalue weighted by Gasteiger charge is 2.48. The summed E-state index contributed by atoms with van der Waals surface area (Å²) in [5, 5.41) is 0. The van der Waals surface area contributed by atoms with Crippen LogP contribution in [0.1, 0.15) is 22.3 Å². The van der Waals surface area contributed by atoms with Crippen LogP contribution in [0.2, 0.25) is 0 Å². The number of aromatic nitrogens is 3. The lowest BCUT2D eigenvalue weighted by atomic mass is 9.65. The summed E-state index contributed by atoms with van der Waals surface area (Å²) in [6, 6.07) is 61.6. The topological polar surface area (TPSA) is 72.8 Å². The van der Waals surface area contributed by atoms with Gasteiger partial charge in [-0.2, -0.15) is 0 Å². The zero-order chi connectivity index (χ0) is 35.1.